The number of likely N-dealkylation sites (tertiary alicyclic amines) is 1. The highest BCUT2D eigenvalue weighted by molar-refractivity contribution is 5.81. The summed E-state index contributed by atoms with van der Waals surface area (Å²) < 4.78 is 0. The van der Waals surface area contributed by atoms with Crippen LogP contribution in [0.15, 0.2) is 0 Å². The first-order valence-electron chi connectivity index (χ1n) is 9.20. The van der Waals surface area contributed by atoms with E-state index >= 15 is 0 Å². The standard InChI is InChI=1S/C18H31N5O2/c1-14-12-23(15(2)18(25)20(4)7-5-6-19)13-17(14)22-10-8-21(9-11-22)16(3)24/h14-15,17H,5,7-13H2,1-4H3/t14-,15+,17-/m1/s1. The zero-order valence-corrected chi connectivity index (χ0v) is 15.9. The number of nitrogens with zero attached hydrogens (tertiary/aromatic N) is 5. The Hall–Kier alpha value is -1.65. The molecular formula is C18H31N5O2. The lowest BCUT2D eigenvalue weighted by Crippen LogP contribution is -2.53. The molecule has 3 atom stereocenters. The quantitative estimate of drug-likeness (QED) is 0.711. The highest BCUT2D eigenvalue weighted by Gasteiger charge is 2.39. The van der Waals surface area contributed by atoms with Crippen molar-refractivity contribution < 1.29 is 9.59 Å². The molecule has 0 aromatic rings. The van der Waals surface area contributed by atoms with Crippen molar-refractivity contribution in [3.63, 3.8) is 0 Å². The van der Waals surface area contributed by atoms with Crippen LogP contribution in [0.3, 0.4) is 0 Å². The summed E-state index contributed by atoms with van der Waals surface area (Å²) in [6.07, 6.45) is 0.369. The van der Waals surface area contributed by atoms with Gasteiger partial charge in [0.2, 0.25) is 11.8 Å². The summed E-state index contributed by atoms with van der Waals surface area (Å²) >= 11 is 0. The van der Waals surface area contributed by atoms with Crippen molar-refractivity contribution >= 4 is 11.8 Å². The topological polar surface area (TPSA) is 70.9 Å². The zero-order chi connectivity index (χ0) is 18.6. The van der Waals surface area contributed by atoms with E-state index in [1.165, 1.54) is 0 Å². The van der Waals surface area contributed by atoms with Crippen LogP contribution in [0.2, 0.25) is 0 Å². The lowest BCUT2D eigenvalue weighted by atomic mass is 10.0. The number of carbonyl (C=O) groups excluding carboxylic acids is 2. The molecule has 2 heterocycles. The van der Waals surface area contributed by atoms with Crippen molar-refractivity contribution in [2.75, 3.05) is 52.9 Å². The molecule has 0 saturated carbocycles. The first-order chi connectivity index (χ1) is 11.8. The molecular weight excluding hydrogens is 318 g/mol. The Balaban J connectivity index is 1.89. The van der Waals surface area contributed by atoms with Crippen molar-refractivity contribution in [2.24, 2.45) is 5.92 Å². The minimum absolute atomic E-state index is 0.0875. The summed E-state index contributed by atoms with van der Waals surface area (Å²) in [6.45, 7) is 11.5. The molecule has 2 aliphatic rings. The predicted octanol–water partition coefficient (Wildman–Crippen LogP) is 0.231. The van der Waals surface area contributed by atoms with Crippen molar-refractivity contribution in [3.8, 4) is 6.07 Å². The van der Waals surface area contributed by atoms with Gasteiger partial charge in [-0.2, -0.15) is 5.26 Å². The summed E-state index contributed by atoms with van der Waals surface area (Å²) in [4.78, 5) is 32.3. The number of carbonyl (C=O) groups is 2. The summed E-state index contributed by atoms with van der Waals surface area (Å²) in [7, 11) is 1.77. The van der Waals surface area contributed by atoms with Gasteiger partial charge in [-0.3, -0.25) is 19.4 Å². The Bertz CT molecular complexity index is 524. The molecule has 7 nitrogen and oxygen atoms in total. The van der Waals surface area contributed by atoms with Crippen LogP contribution in [0.5, 0.6) is 0 Å². The van der Waals surface area contributed by atoms with Crippen LogP contribution in [0.25, 0.3) is 0 Å². The van der Waals surface area contributed by atoms with E-state index in [1.807, 2.05) is 11.8 Å². The smallest absolute Gasteiger partial charge is 0.239 e. The first kappa shape index (κ1) is 19.7. The van der Waals surface area contributed by atoms with Crippen LogP contribution >= 0.6 is 0 Å². The molecule has 140 valence electrons. The predicted molar refractivity (Wildman–Crippen MR) is 95.7 cm³/mol. The molecule has 7 heteroatoms. The molecule has 25 heavy (non-hydrogen) atoms. The van der Waals surface area contributed by atoms with Gasteiger partial charge in [-0.05, 0) is 12.8 Å². The highest BCUT2D eigenvalue weighted by Crippen LogP contribution is 2.25. The molecule has 0 bridgehead atoms. The van der Waals surface area contributed by atoms with Gasteiger partial charge in [0.1, 0.15) is 0 Å². The molecule has 0 aromatic heterocycles. The average Bonchev–Trinajstić information content (AvgIpc) is 3.00. The third-order valence-electron chi connectivity index (χ3n) is 5.67. The normalized spacial score (nSPS) is 26.3. The van der Waals surface area contributed by atoms with Crippen molar-refractivity contribution in [2.45, 2.75) is 39.3 Å². The van der Waals surface area contributed by atoms with Gasteiger partial charge in [0.25, 0.3) is 0 Å². The van der Waals surface area contributed by atoms with Crippen LogP contribution in [0.1, 0.15) is 27.2 Å². The SMILES string of the molecule is CC(=O)N1CCN([C@@H]2CN([C@@H](C)C(=O)N(C)CCC#N)C[C@H]2C)CC1. The third-order valence-corrected chi connectivity index (χ3v) is 5.67. The molecule has 2 saturated heterocycles. The molecule has 0 radical (unpaired) electrons. The molecule has 0 spiro atoms. The van der Waals surface area contributed by atoms with E-state index in [1.54, 1.807) is 18.9 Å². The lowest BCUT2D eigenvalue weighted by molar-refractivity contribution is -0.135. The van der Waals surface area contributed by atoms with Crippen molar-refractivity contribution in [1.29, 1.82) is 5.26 Å². The Labute approximate surface area is 151 Å². The summed E-state index contributed by atoms with van der Waals surface area (Å²) in [5, 5.41) is 8.69. The van der Waals surface area contributed by atoms with Gasteiger partial charge in [-0.1, -0.05) is 6.92 Å². The molecule has 2 aliphatic heterocycles. The van der Waals surface area contributed by atoms with Gasteiger partial charge >= 0.3 is 0 Å². The fourth-order valence-electron chi connectivity index (χ4n) is 3.95. The van der Waals surface area contributed by atoms with Crippen LogP contribution in [-0.2, 0) is 9.59 Å². The van der Waals surface area contributed by atoms with Crippen molar-refractivity contribution in [1.82, 2.24) is 19.6 Å². The van der Waals surface area contributed by atoms with E-state index in [0.29, 0.717) is 24.9 Å². The van der Waals surface area contributed by atoms with Crippen LogP contribution in [0.4, 0.5) is 0 Å². The number of nitriles is 1. The van der Waals surface area contributed by atoms with Gasteiger partial charge in [0, 0.05) is 65.8 Å². The highest BCUT2D eigenvalue weighted by atomic mass is 16.2. The second kappa shape index (κ2) is 8.63. The van der Waals surface area contributed by atoms with Crippen LogP contribution in [-0.4, -0.2) is 96.4 Å². The minimum atomic E-state index is -0.158. The summed E-state index contributed by atoms with van der Waals surface area (Å²) in [5.41, 5.74) is 0. The number of rotatable bonds is 5. The van der Waals surface area contributed by atoms with E-state index in [0.717, 1.165) is 39.3 Å². The van der Waals surface area contributed by atoms with Crippen molar-refractivity contribution in [3.05, 3.63) is 0 Å². The summed E-state index contributed by atoms with van der Waals surface area (Å²) in [5.74, 6) is 0.744. The number of amides is 2. The number of hydrogen-bond acceptors (Lipinski definition) is 5. The Morgan fingerprint density at radius 1 is 1.24 bits per heavy atom. The Morgan fingerprint density at radius 3 is 2.44 bits per heavy atom. The maximum atomic E-state index is 12.6. The monoisotopic (exact) mass is 349 g/mol. The molecule has 2 amide bonds. The number of piperazine rings is 1. The molecule has 2 fully saturated rings. The molecule has 2 rings (SSSR count). The summed E-state index contributed by atoms with van der Waals surface area (Å²) in [6, 6.07) is 2.37. The minimum Gasteiger partial charge on any atom is -0.343 e. The average molecular weight is 349 g/mol. The van der Waals surface area contributed by atoms with E-state index < -0.39 is 0 Å². The second-order valence-electron chi connectivity index (χ2n) is 7.38. The molecule has 0 N–H and O–H groups in total. The number of likely N-dealkylation sites (N-methyl/N-ethyl adjacent to an activating group) is 1. The molecule has 0 aliphatic carbocycles. The van der Waals surface area contributed by atoms with Gasteiger partial charge in [-0.25, -0.2) is 0 Å². The Kier molecular flexibility index (Phi) is 6.79. The Morgan fingerprint density at radius 2 is 1.88 bits per heavy atom. The van der Waals surface area contributed by atoms with Gasteiger partial charge < -0.3 is 9.80 Å². The fourth-order valence-corrected chi connectivity index (χ4v) is 3.95. The van der Waals surface area contributed by atoms with E-state index in [9.17, 15) is 9.59 Å². The molecule has 0 unspecified atom stereocenters. The van der Waals surface area contributed by atoms with E-state index in [-0.39, 0.29) is 17.9 Å². The maximum absolute atomic E-state index is 12.6. The van der Waals surface area contributed by atoms with E-state index in [4.69, 9.17) is 5.26 Å². The number of hydrogen-bond donors (Lipinski definition) is 0. The third kappa shape index (κ3) is 4.71. The van der Waals surface area contributed by atoms with Gasteiger partial charge in [0.15, 0.2) is 0 Å². The zero-order valence-electron chi connectivity index (χ0n) is 15.9. The molecule has 0 aromatic carbocycles. The van der Waals surface area contributed by atoms with Gasteiger partial charge in [-0.15, -0.1) is 0 Å². The second-order valence-corrected chi connectivity index (χ2v) is 7.38. The lowest BCUT2D eigenvalue weighted by Gasteiger charge is -2.39. The largest absolute Gasteiger partial charge is 0.343 e. The fraction of sp³-hybridized carbons (Fsp3) is 0.833. The van der Waals surface area contributed by atoms with Gasteiger partial charge in [0.05, 0.1) is 18.5 Å². The van der Waals surface area contributed by atoms with Crippen LogP contribution < -0.4 is 0 Å². The van der Waals surface area contributed by atoms with Crippen LogP contribution in [0, 0.1) is 17.2 Å². The van der Waals surface area contributed by atoms with E-state index in [2.05, 4.69) is 22.8 Å². The first-order valence-corrected chi connectivity index (χ1v) is 9.20. The maximum Gasteiger partial charge on any atom is 0.239 e.